The number of anilines is 1. The summed E-state index contributed by atoms with van der Waals surface area (Å²) in [6.07, 6.45) is 0. The van der Waals surface area contributed by atoms with Crippen molar-refractivity contribution in [2.45, 2.75) is 25.1 Å². The molecule has 0 bridgehead atoms. The van der Waals surface area contributed by atoms with E-state index in [2.05, 4.69) is 13.8 Å². The van der Waals surface area contributed by atoms with Gasteiger partial charge in [0.25, 0.3) is 5.56 Å². The Morgan fingerprint density at radius 2 is 1.90 bits per heavy atom. The normalized spacial score (nSPS) is 22.6. The molecule has 0 N–H and O–H groups in total. The second-order valence-electron chi connectivity index (χ2n) is 5.03. The molecule has 2 rings (SSSR count). The van der Waals surface area contributed by atoms with Crippen LogP contribution < -0.4 is 16.1 Å². The highest BCUT2D eigenvalue weighted by Gasteiger charge is 2.30. The van der Waals surface area contributed by atoms with E-state index in [-0.39, 0.29) is 11.6 Å². The van der Waals surface area contributed by atoms with E-state index in [4.69, 9.17) is 0 Å². The van der Waals surface area contributed by atoms with E-state index in [0.717, 1.165) is 16.9 Å². The molecule has 108 valence electrons. The van der Waals surface area contributed by atoms with Crippen LogP contribution in [0.3, 0.4) is 0 Å². The first-order valence-corrected chi connectivity index (χ1v) is 7.53. The average molecular weight is 294 g/mol. The van der Waals surface area contributed by atoms with Gasteiger partial charge in [0.1, 0.15) is 11.9 Å². The largest absolute Gasteiger partial charge is 0.352 e. The van der Waals surface area contributed by atoms with Gasteiger partial charge < -0.3 is 4.90 Å². The lowest BCUT2D eigenvalue weighted by Crippen LogP contribution is -2.50. The van der Waals surface area contributed by atoms with Crippen LogP contribution in [0.1, 0.15) is 19.4 Å². The van der Waals surface area contributed by atoms with Crippen molar-refractivity contribution in [2.75, 3.05) is 17.2 Å². The summed E-state index contributed by atoms with van der Waals surface area (Å²) in [6, 6.07) is 2.13. The minimum absolute atomic E-state index is 0.0422. The SMILES string of the molecule is CC1SCCN(c2c(C#N)c(=O)n(C)c(=O)n2C)C1C. The van der Waals surface area contributed by atoms with Gasteiger partial charge in [0.05, 0.1) is 0 Å². The summed E-state index contributed by atoms with van der Waals surface area (Å²) in [5.74, 6) is 1.36. The van der Waals surface area contributed by atoms with Crippen molar-refractivity contribution in [3.05, 3.63) is 26.4 Å². The fraction of sp³-hybridized carbons (Fsp3) is 0.615. The minimum atomic E-state index is -0.524. The van der Waals surface area contributed by atoms with Gasteiger partial charge in [-0.3, -0.25) is 13.9 Å². The molecule has 0 aromatic carbocycles. The molecule has 1 aromatic rings. The maximum atomic E-state index is 12.1. The first-order chi connectivity index (χ1) is 9.40. The molecule has 7 heteroatoms. The van der Waals surface area contributed by atoms with E-state index < -0.39 is 11.2 Å². The summed E-state index contributed by atoms with van der Waals surface area (Å²) >= 11 is 1.86. The number of thioether (sulfide) groups is 1. The highest BCUT2D eigenvalue weighted by atomic mass is 32.2. The Kier molecular flexibility index (Phi) is 3.95. The van der Waals surface area contributed by atoms with Gasteiger partial charge >= 0.3 is 5.69 Å². The topological polar surface area (TPSA) is 71.0 Å². The third-order valence-electron chi connectivity index (χ3n) is 3.90. The first-order valence-electron chi connectivity index (χ1n) is 6.48. The second-order valence-corrected chi connectivity index (χ2v) is 6.51. The summed E-state index contributed by atoms with van der Waals surface area (Å²) in [7, 11) is 3.00. The Balaban J connectivity index is 2.71. The average Bonchev–Trinajstić information content (AvgIpc) is 2.44. The summed E-state index contributed by atoms with van der Waals surface area (Å²) in [4.78, 5) is 26.2. The monoisotopic (exact) mass is 294 g/mol. The Hall–Kier alpha value is -1.68. The zero-order valence-electron chi connectivity index (χ0n) is 12.1. The summed E-state index contributed by atoms with van der Waals surface area (Å²) < 4.78 is 2.38. The molecular weight excluding hydrogens is 276 g/mol. The van der Waals surface area contributed by atoms with Crippen molar-refractivity contribution in [1.29, 1.82) is 5.26 Å². The lowest BCUT2D eigenvalue weighted by molar-refractivity contribution is 0.585. The lowest BCUT2D eigenvalue weighted by atomic mass is 10.1. The zero-order chi connectivity index (χ0) is 15.0. The van der Waals surface area contributed by atoms with E-state index in [1.54, 1.807) is 7.05 Å². The Morgan fingerprint density at radius 1 is 1.25 bits per heavy atom. The van der Waals surface area contributed by atoms with Gasteiger partial charge in [-0.1, -0.05) is 6.92 Å². The fourth-order valence-corrected chi connectivity index (χ4v) is 3.60. The van der Waals surface area contributed by atoms with Gasteiger partial charge in [-0.2, -0.15) is 17.0 Å². The molecule has 2 heterocycles. The van der Waals surface area contributed by atoms with E-state index in [9.17, 15) is 14.9 Å². The standard InChI is InChI=1S/C13H18N4O2S/c1-8-9(2)20-6-5-17(8)11-10(7-14)12(18)16(4)13(19)15(11)3/h8-9H,5-6H2,1-4H3. The van der Waals surface area contributed by atoms with Crippen molar-refractivity contribution >= 4 is 17.6 Å². The van der Waals surface area contributed by atoms with Crippen molar-refractivity contribution in [3.63, 3.8) is 0 Å². The third-order valence-corrected chi connectivity index (χ3v) is 5.24. The molecule has 1 aromatic heterocycles. The van der Waals surface area contributed by atoms with Crippen LogP contribution in [0, 0.1) is 11.3 Å². The van der Waals surface area contributed by atoms with Gasteiger partial charge in [0, 0.05) is 37.7 Å². The van der Waals surface area contributed by atoms with E-state index >= 15 is 0 Å². The van der Waals surface area contributed by atoms with Crippen LogP contribution in [0.4, 0.5) is 5.82 Å². The Morgan fingerprint density at radius 3 is 2.50 bits per heavy atom. The van der Waals surface area contributed by atoms with Crippen LogP contribution in [-0.2, 0) is 14.1 Å². The van der Waals surface area contributed by atoms with Crippen LogP contribution >= 0.6 is 11.8 Å². The molecule has 0 radical (unpaired) electrons. The van der Waals surface area contributed by atoms with E-state index in [1.165, 1.54) is 11.6 Å². The second kappa shape index (κ2) is 5.37. The number of hydrogen-bond acceptors (Lipinski definition) is 5. The molecule has 0 saturated carbocycles. The van der Waals surface area contributed by atoms with Crippen molar-refractivity contribution in [2.24, 2.45) is 14.1 Å². The van der Waals surface area contributed by atoms with Crippen LogP contribution in [0.5, 0.6) is 0 Å². The number of hydrogen-bond donors (Lipinski definition) is 0. The first kappa shape index (κ1) is 14.7. The molecule has 1 fully saturated rings. The predicted molar refractivity (Wildman–Crippen MR) is 80.4 cm³/mol. The maximum absolute atomic E-state index is 12.1. The number of rotatable bonds is 1. The highest BCUT2D eigenvalue weighted by molar-refractivity contribution is 8.00. The molecule has 0 spiro atoms. The molecule has 1 aliphatic rings. The predicted octanol–water partition coefficient (Wildman–Crippen LogP) is 0.286. The molecule has 1 aliphatic heterocycles. The highest BCUT2D eigenvalue weighted by Crippen LogP contribution is 2.29. The van der Waals surface area contributed by atoms with Crippen LogP contribution in [0.2, 0.25) is 0 Å². The number of aromatic nitrogens is 2. The molecule has 0 amide bonds. The molecule has 6 nitrogen and oxygen atoms in total. The molecule has 2 atom stereocenters. The van der Waals surface area contributed by atoms with Gasteiger partial charge in [-0.15, -0.1) is 0 Å². The smallest absolute Gasteiger partial charge is 0.332 e. The van der Waals surface area contributed by atoms with Gasteiger partial charge in [-0.05, 0) is 6.92 Å². The van der Waals surface area contributed by atoms with Gasteiger partial charge in [0.2, 0.25) is 0 Å². The van der Waals surface area contributed by atoms with Crippen molar-refractivity contribution in [3.8, 4) is 6.07 Å². The molecule has 0 aliphatic carbocycles. The van der Waals surface area contributed by atoms with Gasteiger partial charge in [0.15, 0.2) is 5.56 Å². The molecule has 2 unspecified atom stereocenters. The third kappa shape index (κ3) is 2.14. The fourth-order valence-electron chi connectivity index (χ4n) is 2.50. The minimum Gasteiger partial charge on any atom is -0.352 e. The summed E-state index contributed by atoms with van der Waals surface area (Å²) in [5, 5.41) is 9.70. The quantitative estimate of drug-likeness (QED) is 0.744. The molecule has 20 heavy (non-hydrogen) atoms. The van der Waals surface area contributed by atoms with E-state index in [1.807, 2.05) is 22.7 Å². The Bertz CT molecular complexity index is 685. The van der Waals surface area contributed by atoms with Crippen LogP contribution in [0.25, 0.3) is 0 Å². The number of nitriles is 1. The summed E-state index contributed by atoms with van der Waals surface area (Å²) in [5.41, 5.74) is -0.883. The maximum Gasteiger partial charge on any atom is 0.332 e. The van der Waals surface area contributed by atoms with E-state index in [0.29, 0.717) is 11.1 Å². The number of nitrogens with zero attached hydrogens (tertiary/aromatic N) is 4. The molecule has 1 saturated heterocycles. The zero-order valence-corrected chi connectivity index (χ0v) is 12.9. The summed E-state index contributed by atoms with van der Waals surface area (Å²) in [6.45, 7) is 4.90. The Labute approximate surface area is 121 Å². The van der Waals surface area contributed by atoms with Crippen molar-refractivity contribution in [1.82, 2.24) is 9.13 Å². The van der Waals surface area contributed by atoms with Crippen LogP contribution in [0.15, 0.2) is 9.59 Å². The van der Waals surface area contributed by atoms with Crippen molar-refractivity contribution < 1.29 is 0 Å². The van der Waals surface area contributed by atoms with Crippen LogP contribution in [-0.4, -0.2) is 32.7 Å². The molecular formula is C13H18N4O2S. The van der Waals surface area contributed by atoms with Gasteiger partial charge in [-0.25, -0.2) is 4.79 Å². The lowest BCUT2D eigenvalue weighted by Gasteiger charge is -2.39.